The van der Waals surface area contributed by atoms with Crippen LogP contribution < -0.4 is 5.26 Å². The normalized spacial score (nSPS) is 48.8. The average Bonchev–Trinajstić information content (AvgIpc) is 3.93. The van der Waals surface area contributed by atoms with E-state index in [4.69, 9.17) is 49.6 Å². The maximum absolute atomic E-state index is 10.5. The third kappa shape index (κ3) is 12.3. The van der Waals surface area contributed by atoms with Crippen molar-refractivity contribution < 1.29 is 69.6 Å². The van der Waals surface area contributed by atoms with Gasteiger partial charge in [0, 0.05) is 66.4 Å². The second kappa shape index (κ2) is 25.8. The first kappa shape index (κ1) is 59.9. The molecule has 0 aromatic carbocycles. The van der Waals surface area contributed by atoms with Crippen LogP contribution in [0.2, 0.25) is 0 Å². The highest BCUT2D eigenvalue weighted by atomic mass is 17.6. The van der Waals surface area contributed by atoms with Gasteiger partial charge in [-0.3, -0.25) is 9.63 Å². The number of carbonyl (C=O) groups excluding carboxylic acids is 1. The van der Waals surface area contributed by atoms with Gasteiger partial charge in [0.1, 0.15) is 12.9 Å². The number of hydroxylamine groups is 2. The minimum Gasteiger partial charge on any atom is -0.723 e. The van der Waals surface area contributed by atoms with Crippen molar-refractivity contribution in [3.63, 3.8) is 0 Å². The van der Waals surface area contributed by atoms with Crippen molar-refractivity contribution in [1.82, 2.24) is 5.23 Å². The third-order valence-electron chi connectivity index (χ3n) is 25.4. The zero-order valence-electron chi connectivity index (χ0n) is 48.8. The predicted octanol–water partition coefficient (Wildman–Crippen LogP) is 14.1. The van der Waals surface area contributed by atoms with Crippen LogP contribution in [0.15, 0.2) is 5.16 Å². The summed E-state index contributed by atoms with van der Waals surface area (Å²) in [6, 6.07) is 0. The lowest BCUT2D eigenvalue weighted by Crippen LogP contribution is -2.63. The average molecular weight is 1140 g/mol. The molecule has 2 saturated heterocycles. The van der Waals surface area contributed by atoms with E-state index in [9.17, 15) is 10.1 Å². The van der Waals surface area contributed by atoms with E-state index in [0.29, 0.717) is 41.3 Å². The van der Waals surface area contributed by atoms with Crippen LogP contribution in [0.3, 0.4) is 0 Å². The van der Waals surface area contributed by atoms with E-state index in [1.807, 2.05) is 0 Å². The van der Waals surface area contributed by atoms with E-state index in [-0.39, 0.29) is 25.1 Å². The molecule has 0 aromatic rings. The van der Waals surface area contributed by atoms with Gasteiger partial charge in [-0.15, -0.1) is 0 Å². The van der Waals surface area contributed by atoms with Gasteiger partial charge in [0.05, 0.1) is 18.9 Å². The number of rotatable bonds is 3. The fourth-order valence-corrected chi connectivity index (χ4v) is 23.4. The Balaban J connectivity index is 0.0000000974. The zero-order valence-corrected chi connectivity index (χ0v) is 48.8. The summed E-state index contributed by atoms with van der Waals surface area (Å²) in [7, 11) is 3.28. The summed E-state index contributed by atoms with van der Waals surface area (Å²) >= 11 is 0. The number of oxime groups is 1. The van der Waals surface area contributed by atoms with Gasteiger partial charge in [-0.25, -0.2) is 10.5 Å². The molecule has 24 fully saturated rings. The Kier molecular flexibility index (Phi) is 19.1. The lowest BCUT2D eigenvalue weighted by atomic mass is 9.52. The molecule has 24 rings (SSSR count). The summed E-state index contributed by atoms with van der Waals surface area (Å²) < 4.78 is 6.61. The molecule has 2 N–H and O–H groups in total. The summed E-state index contributed by atoms with van der Waals surface area (Å²) in [6.45, 7) is 0. The van der Waals surface area contributed by atoms with E-state index in [1.165, 1.54) is 189 Å². The molecular weight excluding hydrogens is 1030 g/mol. The van der Waals surface area contributed by atoms with Crippen molar-refractivity contribution in [3.8, 4) is 0 Å². The van der Waals surface area contributed by atoms with Crippen LogP contribution in [-0.4, -0.2) is 64.9 Å². The maximum atomic E-state index is 10.5. The molecule has 2 aliphatic heterocycles. The van der Waals surface area contributed by atoms with Gasteiger partial charge in [0.25, 0.3) is 0 Å². The Bertz CT molecular complexity index is 1920. The molecule has 0 atom stereocenters. The molecule has 81 heavy (non-hydrogen) atoms. The number of Topliss-reactive ketones (excluding diaryl/α,β-unsaturated/α-hetero) is 1. The molecule has 22 aliphatic carbocycles. The SMILES string of the molecule is C.C1C2CC3CC1CC(C2)C3.C1CCC2(CC1)OOC1(O2)C2CC3CC(C2)CC1C3.CON1OOOC12C1CC3CC(C1)CC2C3.CON=C1C2CC3CC(C2)CC1C3.O=C1CCCCC1.OOO.[O-]OC1C2CC3CC(C2)CC1C3. The van der Waals surface area contributed by atoms with Gasteiger partial charge in [-0.05, 0) is 281 Å². The number of ether oxygens (including phenoxy) is 1. The van der Waals surface area contributed by atoms with E-state index < -0.39 is 5.72 Å². The molecule has 0 radical (unpaired) electrons. The van der Waals surface area contributed by atoms with Crippen molar-refractivity contribution in [3.05, 3.63) is 0 Å². The summed E-state index contributed by atoms with van der Waals surface area (Å²) in [6.07, 6.45) is 47.4. The first-order chi connectivity index (χ1) is 39.0. The van der Waals surface area contributed by atoms with Gasteiger partial charge in [0.15, 0.2) is 0 Å². The van der Waals surface area contributed by atoms with Gasteiger partial charge in [-0.1, -0.05) is 35.5 Å². The van der Waals surface area contributed by atoms with E-state index in [0.717, 1.165) is 97.7 Å². The standard InChI is InChI=1S/C16H24O3.C11H17NO4.C11H17NO.C10H16O2.C10H16.C6H10O.CH4.H2O3/c1-2-4-15(5-3-1)17-16(19-18-15)13-7-11-6-12(9-13)10-14(16)8-11;1-13-12-11(14-16-15-12)9-3-7-2-8(5-9)6-10(11)4-7;1-13-12-11-9-3-7-2-8(5-9)6-10(11)4-7;11-12-10-8-2-6-1-7(4-8)5-9(10)3-6;1-7-2-9-4-8(1)5-10(3-7)6-9;7-6-4-2-1-3-5-6;;1-3-2/h11-14H,1-10H2;7-10H,2-6H2,1H3;7-10H,2-6H2,1H3;6-11H,1-5H2;7-10H,1-6H2;1-5H2;1H4;1-2H/p-1. The van der Waals surface area contributed by atoms with Crippen LogP contribution in [0.4, 0.5) is 0 Å². The smallest absolute Gasteiger partial charge is 0.216 e. The van der Waals surface area contributed by atoms with Crippen LogP contribution in [0.25, 0.3) is 0 Å². The molecule has 0 unspecified atom stereocenters. The quantitative estimate of drug-likeness (QED) is 0.200. The molecule has 460 valence electrons. The summed E-state index contributed by atoms with van der Waals surface area (Å²) in [4.78, 5) is 47.3. The largest absolute Gasteiger partial charge is 0.723 e. The van der Waals surface area contributed by atoms with Crippen molar-refractivity contribution in [2.75, 3.05) is 14.2 Å². The molecule has 24 aliphatic rings. The van der Waals surface area contributed by atoms with Gasteiger partial charge >= 0.3 is 0 Å². The highest BCUT2D eigenvalue weighted by Gasteiger charge is 2.68. The molecule has 0 aromatic heterocycles. The molecular formula is C65H105N2O14-. The minimum atomic E-state index is -0.470. The molecule has 22 saturated carbocycles. The Morgan fingerprint density at radius 1 is 0.506 bits per heavy atom. The summed E-state index contributed by atoms with van der Waals surface area (Å²) in [5.41, 5.74) is 0.928. The van der Waals surface area contributed by atoms with Crippen molar-refractivity contribution in [2.45, 2.75) is 262 Å². The highest BCUT2D eigenvalue weighted by Crippen LogP contribution is 2.65. The van der Waals surface area contributed by atoms with Crippen LogP contribution in [0.5, 0.6) is 0 Å². The van der Waals surface area contributed by atoms with Crippen LogP contribution in [0, 0.1) is 118 Å². The second-order valence-electron chi connectivity index (χ2n) is 30.5. The van der Waals surface area contributed by atoms with Crippen molar-refractivity contribution in [2.24, 2.45) is 124 Å². The maximum Gasteiger partial charge on any atom is 0.216 e. The Morgan fingerprint density at radius 3 is 1.27 bits per heavy atom. The number of nitrogens with zero attached hydrogens (tertiary/aromatic N) is 2. The number of ketones is 1. The van der Waals surface area contributed by atoms with Crippen LogP contribution >= 0.6 is 0 Å². The van der Waals surface area contributed by atoms with E-state index in [2.05, 4.69) is 15.1 Å². The van der Waals surface area contributed by atoms with Crippen LogP contribution in [-0.2, 0) is 53.8 Å². The molecule has 16 nitrogen and oxygen atoms in total. The van der Waals surface area contributed by atoms with E-state index in [1.54, 1.807) is 52.7 Å². The van der Waals surface area contributed by atoms with E-state index >= 15 is 0 Å². The predicted molar refractivity (Wildman–Crippen MR) is 297 cm³/mol. The first-order valence-electron chi connectivity index (χ1n) is 33.3. The third-order valence-corrected chi connectivity index (χ3v) is 25.4. The fraction of sp³-hybridized carbons (Fsp3) is 0.969. The molecule has 20 bridgehead atoms. The highest BCUT2D eigenvalue weighted by molar-refractivity contribution is 5.90. The van der Waals surface area contributed by atoms with Crippen molar-refractivity contribution in [1.29, 1.82) is 0 Å². The van der Waals surface area contributed by atoms with Gasteiger partial charge < -0.3 is 19.7 Å². The lowest BCUT2D eigenvalue weighted by molar-refractivity contribution is -0.710. The number of carbonyl (C=O) groups is 1. The van der Waals surface area contributed by atoms with Gasteiger partial charge in [-0.2, -0.15) is 14.7 Å². The monoisotopic (exact) mass is 1140 g/mol. The second-order valence-corrected chi connectivity index (χ2v) is 30.5. The number of hydrogen-bond donors (Lipinski definition) is 2. The van der Waals surface area contributed by atoms with Crippen molar-refractivity contribution >= 4 is 11.5 Å². The summed E-state index contributed by atoms with van der Waals surface area (Å²) in [5, 5.41) is 36.4. The Hall–Kier alpha value is -1.38. The Labute approximate surface area is 484 Å². The first-order valence-corrected chi connectivity index (χ1v) is 33.3. The minimum absolute atomic E-state index is 0. The molecule has 0 amide bonds. The summed E-state index contributed by atoms with van der Waals surface area (Å²) in [5.74, 6) is 17.1. The Morgan fingerprint density at radius 2 is 0.889 bits per heavy atom. The van der Waals surface area contributed by atoms with Crippen LogP contribution in [0.1, 0.15) is 239 Å². The number of hydrogen-bond acceptors (Lipinski definition) is 16. The topological polar surface area (TPSA) is 188 Å². The lowest BCUT2D eigenvalue weighted by Gasteiger charge is -2.57. The molecule has 16 heteroatoms. The zero-order chi connectivity index (χ0) is 54.6. The molecule has 2 heterocycles. The molecule has 3 spiro atoms. The fourth-order valence-electron chi connectivity index (χ4n) is 23.4. The van der Waals surface area contributed by atoms with Gasteiger partial charge in [0.2, 0.25) is 17.3 Å².